The summed E-state index contributed by atoms with van der Waals surface area (Å²) in [5, 5.41) is 19.5. The third kappa shape index (κ3) is 4.59. The Balaban J connectivity index is 3.02. The minimum absolute atomic E-state index is 0.0662. The van der Waals surface area contributed by atoms with E-state index in [0.29, 0.717) is 0 Å². The molecule has 1 aliphatic heterocycles. The first-order chi connectivity index (χ1) is 15.2. The van der Waals surface area contributed by atoms with E-state index < -0.39 is 76.2 Å². The molecule has 15 heteroatoms. The number of benzene rings is 1. The van der Waals surface area contributed by atoms with E-state index in [0.717, 1.165) is 0 Å². The van der Waals surface area contributed by atoms with Crippen molar-refractivity contribution in [2.24, 2.45) is 5.92 Å². The Morgan fingerprint density at radius 2 is 0.971 bits per heavy atom. The predicted molar refractivity (Wildman–Crippen MR) is 96.8 cm³/mol. The average Bonchev–Trinajstić information content (AvgIpc) is 2.59. The van der Waals surface area contributed by atoms with Gasteiger partial charge < -0.3 is 10.2 Å². The Morgan fingerprint density at radius 3 is 1.20 bits per heavy atom. The summed E-state index contributed by atoms with van der Waals surface area (Å²) in [4.78, 5) is 1.43. The van der Waals surface area contributed by atoms with E-state index in [4.69, 9.17) is 0 Å². The van der Waals surface area contributed by atoms with Crippen molar-refractivity contribution in [3.8, 4) is 0 Å². The zero-order chi connectivity index (χ0) is 27.8. The SMILES string of the molecule is CC1CN(C(C)(C)C)C1c1cc(C(O)(C(F)(F)F)C(F)(F)F)cc(C(O)(C(F)(F)F)C(F)(F)F)c1. The zero-order valence-electron chi connectivity index (χ0n) is 18.5. The summed E-state index contributed by atoms with van der Waals surface area (Å²) in [6.07, 6.45) is -26.4. The molecule has 2 N–H and O–H groups in total. The summed E-state index contributed by atoms with van der Waals surface area (Å²) < 4.78 is 162. The first-order valence-electron chi connectivity index (χ1n) is 9.85. The average molecular weight is 535 g/mol. The second-order valence-electron chi connectivity index (χ2n) is 9.50. The lowest BCUT2D eigenvalue weighted by Crippen LogP contribution is -2.58. The fourth-order valence-corrected chi connectivity index (χ4v) is 4.11. The van der Waals surface area contributed by atoms with E-state index in [9.17, 15) is 62.9 Å². The summed E-state index contributed by atoms with van der Waals surface area (Å²) >= 11 is 0. The molecule has 1 aromatic rings. The Morgan fingerprint density at radius 1 is 0.657 bits per heavy atom. The third-order valence-electron chi connectivity index (χ3n) is 5.99. The number of likely N-dealkylation sites (tertiary alicyclic amines) is 1. The van der Waals surface area contributed by atoms with E-state index >= 15 is 0 Å². The van der Waals surface area contributed by atoms with Crippen LogP contribution in [0.5, 0.6) is 0 Å². The Kier molecular flexibility index (Phi) is 6.85. The van der Waals surface area contributed by atoms with Gasteiger partial charge in [0, 0.05) is 29.3 Å². The van der Waals surface area contributed by atoms with Crippen LogP contribution in [-0.4, -0.2) is 51.9 Å². The lowest BCUT2D eigenvalue weighted by atomic mass is 9.76. The van der Waals surface area contributed by atoms with Gasteiger partial charge in [0.25, 0.3) is 11.2 Å². The van der Waals surface area contributed by atoms with Crippen LogP contribution in [0.15, 0.2) is 18.2 Å². The molecule has 0 aliphatic carbocycles. The molecule has 0 spiro atoms. The van der Waals surface area contributed by atoms with Crippen LogP contribution in [0.1, 0.15) is 50.4 Å². The summed E-state index contributed by atoms with van der Waals surface area (Å²) in [6.45, 7) is 6.26. The van der Waals surface area contributed by atoms with Crippen molar-refractivity contribution in [2.45, 2.75) is 75.2 Å². The van der Waals surface area contributed by atoms with Gasteiger partial charge in [-0.1, -0.05) is 19.1 Å². The van der Waals surface area contributed by atoms with Crippen LogP contribution in [-0.2, 0) is 11.2 Å². The number of hydrogen-bond donors (Lipinski definition) is 2. The van der Waals surface area contributed by atoms with Crippen LogP contribution in [0.3, 0.4) is 0 Å². The summed E-state index contributed by atoms with van der Waals surface area (Å²) in [6, 6.07) is -1.85. The van der Waals surface area contributed by atoms with Crippen molar-refractivity contribution in [2.75, 3.05) is 6.54 Å². The fraction of sp³-hybridized carbons (Fsp3) is 0.700. The first kappa shape index (κ1) is 29.5. The van der Waals surface area contributed by atoms with Gasteiger partial charge in [-0.15, -0.1) is 0 Å². The Labute approximate surface area is 191 Å². The van der Waals surface area contributed by atoms with Crippen molar-refractivity contribution < 1.29 is 62.9 Å². The number of halogens is 12. The van der Waals surface area contributed by atoms with E-state index in [1.165, 1.54) is 11.8 Å². The largest absolute Gasteiger partial charge is 0.430 e. The number of alkyl halides is 12. The van der Waals surface area contributed by atoms with Gasteiger partial charge >= 0.3 is 24.7 Å². The normalized spacial score (nSPS) is 21.8. The molecule has 1 heterocycles. The van der Waals surface area contributed by atoms with Crippen LogP contribution >= 0.6 is 0 Å². The van der Waals surface area contributed by atoms with Gasteiger partial charge in [0.15, 0.2) is 0 Å². The Bertz CT molecular complexity index is 856. The molecule has 3 nitrogen and oxygen atoms in total. The maximum absolute atomic E-state index is 13.5. The highest BCUT2D eigenvalue weighted by Crippen LogP contribution is 2.55. The van der Waals surface area contributed by atoms with E-state index in [1.807, 2.05) is 0 Å². The first-order valence-corrected chi connectivity index (χ1v) is 9.85. The number of aliphatic hydroxyl groups is 2. The molecule has 0 radical (unpaired) electrons. The molecule has 0 bridgehead atoms. The van der Waals surface area contributed by atoms with Crippen molar-refractivity contribution in [3.63, 3.8) is 0 Å². The molecule has 0 aromatic heterocycles. The molecule has 2 rings (SSSR count). The number of nitrogens with zero attached hydrogens (tertiary/aromatic N) is 1. The molecule has 1 aromatic carbocycles. The standard InChI is InChI=1S/C20H21F12NO2/c1-9-8-33(14(2,3)4)13(9)10-5-11(15(34,17(21,22)23)18(24,25)26)7-12(6-10)16(35,19(27,28)29)20(30,31)32/h5-7,9,13,34-35H,8H2,1-4H3. The quantitative estimate of drug-likeness (QED) is 0.460. The predicted octanol–water partition coefficient (Wildman–Crippen LogP) is 6.10. The monoisotopic (exact) mass is 535 g/mol. The molecular formula is C20H21F12NO2. The lowest BCUT2D eigenvalue weighted by Gasteiger charge is -2.54. The van der Waals surface area contributed by atoms with Gasteiger partial charge in [-0.05, 0) is 38.3 Å². The molecule has 1 aliphatic rings. The minimum Gasteiger partial charge on any atom is -0.369 e. The topological polar surface area (TPSA) is 43.7 Å². The summed E-state index contributed by atoms with van der Waals surface area (Å²) in [7, 11) is 0. The van der Waals surface area contributed by atoms with Crippen molar-refractivity contribution in [1.82, 2.24) is 4.90 Å². The number of hydrogen-bond acceptors (Lipinski definition) is 3. The summed E-state index contributed by atoms with van der Waals surface area (Å²) in [5.74, 6) is -0.618. The summed E-state index contributed by atoms with van der Waals surface area (Å²) in [5.41, 5.74) is -18.0. The molecule has 0 amide bonds. The molecular weight excluding hydrogens is 514 g/mol. The smallest absolute Gasteiger partial charge is 0.369 e. The van der Waals surface area contributed by atoms with Crippen LogP contribution in [0.25, 0.3) is 0 Å². The molecule has 2 atom stereocenters. The maximum atomic E-state index is 13.5. The second-order valence-corrected chi connectivity index (χ2v) is 9.50. The van der Waals surface area contributed by atoms with E-state index in [1.54, 1.807) is 20.8 Å². The van der Waals surface area contributed by atoms with Crippen molar-refractivity contribution in [1.29, 1.82) is 0 Å². The van der Waals surface area contributed by atoms with Crippen molar-refractivity contribution in [3.05, 3.63) is 34.9 Å². The molecule has 35 heavy (non-hydrogen) atoms. The molecule has 1 saturated heterocycles. The number of rotatable bonds is 3. The fourth-order valence-electron chi connectivity index (χ4n) is 4.11. The highest BCUT2D eigenvalue weighted by atomic mass is 19.4. The van der Waals surface area contributed by atoms with Crippen LogP contribution in [0.2, 0.25) is 0 Å². The van der Waals surface area contributed by atoms with Crippen LogP contribution in [0, 0.1) is 5.92 Å². The van der Waals surface area contributed by atoms with E-state index in [-0.39, 0.29) is 18.7 Å². The van der Waals surface area contributed by atoms with Crippen LogP contribution < -0.4 is 0 Å². The van der Waals surface area contributed by atoms with Gasteiger partial charge in [0.1, 0.15) is 0 Å². The Hall–Kier alpha value is -1.74. The molecule has 0 saturated carbocycles. The van der Waals surface area contributed by atoms with Crippen molar-refractivity contribution >= 4 is 0 Å². The minimum atomic E-state index is -6.59. The van der Waals surface area contributed by atoms with Gasteiger partial charge in [0.2, 0.25) is 0 Å². The highest BCUT2D eigenvalue weighted by Gasteiger charge is 2.74. The molecule has 2 unspecified atom stereocenters. The third-order valence-corrected chi connectivity index (χ3v) is 5.99. The van der Waals surface area contributed by atoms with Gasteiger partial charge in [-0.25, -0.2) is 0 Å². The highest BCUT2D eigenvalue weighted by molar-refractivity contribution is 5.42. The van der Waals surface area contributed by atoms with Crippen LogP contribution in [0.4, 0.5) is 52.7 Å². The molecule has 1 fully saturated rings. The van der Waals surface area contributed by atoms with Gasteiger partial charge in [-0.2, -0.15) is 52.7 Å². The maximum Gasteiger partial charge on any atom is 0.430 e. The second kappa shape index (κ2) is 8.13. The molecule has 202 valence electrons. The van der Waals surface area contributed by atoms with Gasteiger partial charge in [0.05, 0.1) is 0 Å². The lowest BCUT2D eigenvalue weighted by molar-refractivity contribution is -0.378. The zero-order valence-corrected chi connectivity index (χ0v) is 18.5. The van der Waals surface area contributed by atoms with E-state index in [2.05, 4.69) is 0 Å². The van der Waals surface area contributed by atoms with Gasteiger partial charge in [-0.3, -0.25) is 4.90 Å².